The minimum Gasteiger partial charge on any atom is -0.461 e. The van der Waals surface area contributed by atoms with Crippen molar-refractivity contribution in [1.29, 1.82) is 0 Å². The van der Waals surface area contributed by atoms with Gasteiger partial charge in [0.25, 0.3) is 0 Å². The second kappa shape index (κ2) is 4.78. The summed E-state index contributed by atoms with van der Waals surface area (Å²) in [4.78, 5) is 26.3. The minimum absolute atomic E-state index is 0.115. The highest BCUT2D eigenvalue weighted by Crippen LogP contribution is 2.38. The number of allylic oxidation sites excluding steroid dienone is 1. The molecule has 0 bridgehead atoms. The molecule has 104 valence electrons. The van der Waals surface area contributed by atoms with Crippen LogP contribution in [0.25, 0.3) is 0 Å². The number of hydrogen-bond donors (Lipinski definition) is 0. The number of benzene rings is 1. The lowest BCUT2D eigenvalue weighted by molar-refractivity contribution is -0.179. The number of morpholine rings is 1. The summed E-state index contributed by atoms with van der Waals surface area (Å²) in [6.07, 6.45) is 4.70. The van der Waals surface area contributed by atoms with Crippen molar-refractivity contribution in [3.63, 3.8) is 0 Å². The lowest BCUT2D eigenvalue weighted by Crippen LogP contribution is -2.60. The Bertz CT molecular complexity index is 566. The highest BCUT2D eigenvalue weighted by Gasteiger charge is 2.50. The van der Waals surface area contributed by atoms with Gasteiger partial charge in [-0.05, 0) is 31.4 Å². The largest absolute Gasteiger partial charge is 0.461 e. The first-order valence-electron chi connectivity index (χ1n) is 6.85. The van der Waals surface area contributed by atoms with Gasteiger partial charge in [0.15, 0.2) is 0 Å². The molecule has 3 rings (SSSR count). The molecule has 2 aliphatic rings. The predicted octanol–water partition coefficient (Wildman–Crippen LogP) is 2.22. The van der Waals surface area contributed by atoms with Gasteiger partial charge in [-0.15, -0.1) is 0 Å². The van der Waals surface area contributed by atoms with E-state index in [2.05, 4.69) is 0 Å². The Morgan fingerprint density at radius 1 is 1.25 bits per heavy atom. The van der Waals surface area contributed by atoms with E-state index in [0.717, 1.165) is 5.56 Å². The molecular formula is C16H17NO3. The average molecular weight is 271 g/mol. The molecule has 2 atom stereocenters. The van der Waals surface area contributed by atoms with E-state index in [9.17, 15) is 9.59 Å². The Kier molecular flexibility index (Phi) is 3.08. The van der Waals surface area contributed by atoms with Crippen LogP contribution in [0.2, 0.25) is 0 Å². The Balaban J connectivity index is 2.06. The molecule has 0 spiro atoms. The van der Waals surface area contributed by atoms with Crippen molar-refractivity contribution < 1.29 is 14.3 Å². The van der Waals surface area contributed by atoms with Crippen molar-refractivity contribution in [2.75, 3.05) is 6.61 Å². The molecule has 1 fully saturated rings. The highest BCUT2D eigenvalue weighted by atomic mass is 16.5. The van der Waals surface area contributed by atoms with Gasteiger partial charge in [-0.1, -0.05) is 36.4 Å². The zero-order chi connectivity index (χ0) is 14.2. The van der Waals surface area contributed by atoms with Crippen LogP contribution < -0.4 is 0 Å². The third kappa shape index (κ3) is 1.92. The predicted molar refractivity (Wildman–Crippen MR) is 73.8 cm³/mol. The number of rotatable bonds is 1. The average Bonchev–Trinajstić information content (AvgIpc) is 2.62. The van der Waals surface area contributed by atoms with Crippen LogP contribution in [0.5, 0.6) is 0 Å². The zero-order valence-electron chi connectivity index (χ0n) is 11.4. The summed E-state index contributed by atoms with van der Waals surface area (Å²) in [6.45, 7) is 2.02. The fraction of sp³-hybridized carbons (Fsp3) is 0.375. The molecule has 0 aromatic heterocycles. The van der Waals surface area contributed by atoms with E-state index < -0.39 is 5.54 Å². The molecule has 0 unspecified atom stereocenters. The summed E-state index contributed by atoms with van der Waals surface area (Å²) in [5.41, 5.74) is 0.120. The van der Waals surface area contributed by atoms with E-state index in [1.807, 2.05) is 36.4 Å². The standard InChI is InChI=1S/C16H17NO3/c1-16-10-6-5-9-14(18)17(16)13(11-20-15(16)19)12-7-3-2-4-8-12/h2-5,7-9,13H,6,10-11H2,1H3/t13-,16-/m0/s1. The molecule has 1 aromatic rings. The molecular weight excluding hydrogens is 254 g/mol. The highest BCUT2D eigenvalue weighted by molar-refractivity contribution is 5.95. The maximum absolute atomic E-state index is 12.4. The number of carbonyl (C=O) groups is 2. The van der Waals surface area contributed by atoms with Crippen LogP contribution in [0.4, 0.5) is 0 Å². The van der Waals surface area contributed by atoms with Gasteiger partial charge >= 0.3 is 5.97 Å². The van der Waals surface area contributed by atoms with Crippen molar-refractivity contribution in [3.8, 4) is 0 Å². The van der Waals surface area contributed by atoms with Crippen molar-refractivity contribution in [3.05, 3.63) is 48.0 Å². The van der Waals surface area contributed by atoms with Gasteiger partial charge in [0.2, 0.25) is 5.91 Å². The lowest BCUT2D eigenvalue weighted by Gasteiger charge is -2.46. The number of ether oxygens (including phenoxy) is 1. The summed E-state index contributed by atoms with van der Waals surface area (Å²) < 4.78 is 5.36. The molecule has 20 heavy (non-hydrogen) atoms. The van der Waals surface area contributed by atoms with Crippen molar-refractivity contribution in [1.82, 2.24) is 4.90 Å². The summed E-state index contributed by atoms with van der Waals surface area (Å²) in [5.74, 6) is -0.419. The van der Waals surface area contributed by atoms with Gasteiger partial charge in [0.1, 0.15) is 12.1 Å². The lowest BCUT2D eigenvalue weighted by atomic mass is 9.89. The Morgan fingerprint density at radius 2 is 2.00 bits per heavy atom. The maximum atomic E-state index is 12.4. The van der Waals surface area contributed by atoms with Crippen LogP contribution in [0, 0.1) is 0 Å². The first kappa shape index (κ1) is 12.9. The number of amides is 1. The van der Waals surface area contributed by atoms with E-state index in [-0.39, 0.29) is 24.5 Å². The summed E-state index contributed by atoms with van der Waals surface area (Å²) in [7, 11) is 0. The van der Waals surface area contributed by atoms with Crippen molar-refractivity contribution >= 4 is 11.9 Å². The first-order chi connectivity index (χ1) is 9.63. The summed E-state index contributed by atoms with van der Waals surface area (Å²) in [5, 5.41) is 0. The van der Waals surface area contributed by atoms with Gasteiger partial charge in [0.05, 0.1) is 6.04 Å². The van der Waals surface area contributed by atoms with Crippen LogP contribution in [0.15, 0.2) is 42.5 Å². The molecule has 1 aromatic carbocycles. The van der Waals surface area contributed by atoms with Crippen molar-refractivity contribution in [2.45, 2.75) is 31.3 Å². The minimum atomic E-state index is -0.876. The van der Waals surface area contributed by atoms with Crippen LogP contribution >= 0.6 is 0 Å². The second-order valence-corrected chi connectivity index (χ2v) is 5.45. The molecule has 4 nitrogen and oxygen atoms in total. The van der Waals surface area contributed by atoms with Gasteiger partial charge in [0, 0.05) is 0 Å². The van der Waals surface area contributed by atoms with E-state index in [1.54, 1.807) is 17.9 Å². The Hall–Kier alpha value is -2.10. The van der Waals surface area contributed by atoms with Crippen molar-refractivity contribution in [2.24, 2.45) is 0 Å². The topological polar surface area (TPSA) is 46.6 Å². The first-order valence-corrected chi connectivity index (χ1v) is 6.85. The smallest absolute Gasteiger partial charge is 0.331 e. The van der Waals surface area contributed by atoms with Crippen LogP contribution in [0.3, 0.4) is 0 Å². The molecule has 0 aliphatic carbocycles. The fourth-order valence-corrected chi connectivity index (χ4v) is 3.00. The molecule has 1 saturated heterocycles. The third-order valence-electron chi connectivity index (χ3n) is 4.14. The number of esters is 1. The molecule has 4 heteroatoms. The number of hydrogen-bond acceptors (Lipinski definition) is 3. The normalized spacial score (nSPS) is 29.6. The van der Waals surface area contributed by atoms with Gasteiger partial charge in [-0.3, -0.25) is 4.79 Å². The Morgan fingerprint density at radius 3 is 2.75 bits per heavy atom. The van der Waals surface area contributed by atoms with Crippen LogP contribution in [-0.2, 0) is 14.3 Å². The number of cyclic esters (lactones) is 1. The van der Waals surface area contributed by atoms with E-state index in [4.69, 9.17) is 4.74 Å². The fourth-order valence-electron chi connectivity index (χ4n) is 3.00. The monoisotopic (exact) mass is 271 g/mol. The van der Waals surface area contributed by atoms with Crippen LogP contribution in [0.1, 0.15) is 31.4 Å². The molecule has 2 aliphatic heterocycles. The molecule has 2 heterocycles. The quantitative estimate of drug-likeness (QED) is 0.736. The van der Waals surface area contributed by atoms with E-state index in [0.29, 0.717) is 12.8 Å². The Labute approximate surface area is 118 Å². The maximum Gasteiger partial charge on any atom is 0.331 e. The molecule has 0 saturated carbocycles. The van der Waals surface area contributed by atoms with Gasteiger partial charge in [-0.25, -0.2) is 4.79 Å². The van der Waals surface area contributed by atoms with Gasteiger partial charge in [-0.2, -0.15) is 0 Å². The number of carbonyl (C=O) groups excluding carboxylic acids is 2. The SMILES string of the molecule is C[C@@]12CCC=CC(=O)N1[C@H](c1ccccc1)COC2=O. The summed E-state index contributed by atoms with van der Waals surface area (Å²) >= 11 is 0. The van der Waals surface area contributed by atoms with Gasteiger partial charge < -0.3 is 9.64 Å². The number of fused-ring (bicyclic) bond motifs is 1. The van der Waals surface area contributed by atoms with E-state index >= 15 is 0 Å². The molecule has 0 N–H and O–H groups in total. The summed E-state index contributed by atoms with van der Waals surface area (Å²) in [6, 6.07) is 9.51. The van der Waals surface area contributed by atoms with Crippen LogP contribution in [-0.4, -0.2) is 28.9 Å². The molecule has 1 amide bonds. The zero-order valence-corrected chi connectivity index (χ0v) is 11.4. The molecule has 0 radical (unpaired) electrons. The van der Waals surface area contributed by atoms with E-state index in [1.165, 1.54) is 0 Å². The second-order valence-electron chi connectivity index (χ2n) is 5.45. The number of nitrogens with zero attached hydrogens (tertiary/aromatic N) is 1. The third-order valence-corrected chi connectivity index (χ3v) is 4.14.